The summed E-state index contributed by atoms with van der Waals surface area (Å²) in [6.45, 7) is 11.4. The lowest BCUT2D eigenvalue weighted by atomic mass is 9.93. The topological polar surface area (TPSA) is 52.7 Å². The van der Waals surface area contributed by atoms with Gasteiger partial charge in [-0.3, -0.25) is 9.59 Å². The van der Waals surface area contributed by atoms with Gasteiger partial charge in [-0.15, -0.1) is 11.3 Å². The summed E-state index contributed by atoms with van der Waals surface area (Å²) in [5.74, 6) is 1.06. The molecule has 3 rings (SSSR count). The Hall–Kier alpha value is -2.18. The molecular formula is C24H33N3O2S. The van der Waals surface area contributed by atoms with Crippen molar-refractivity contribution in [1.29, 1.82) is 0 Å². The molecule has 0 radical (unpaired) electrons. The molecule has 1 aromatic carbocycles. The number of piperazine rings is 1. The van der Waals surface area contributed by atoms with Crippen molar-refractivity contribution in [2.45, 2.75) is 39.7 Å². The van der Waals surface area contributed by atoms with Crippen LogP contribution in [0.3, 0.4) is 0 Å². The molecule has 0 aliphatic carbocycles. The fourth-order valence-electron chi connectivity index (χ4n) is 3.85. The van der Waals surface area contributed by atoms with Crippen molar-refractivity contribution in [3.8, 4) is 0 Å². The van der Waals surface area contributed by atoms with Crippen LogP contribution >= 0.6 is 11.3 Å². The van der Waals surface area contributed by atoms with E-state index in [1.165, 1.54) is 22.5 Å². The Kier molecular flexibility index (Phi) is 7.67. The van der Waals surface area contributed by atoms with Gasteiger partial charge < -0.3 is 15.1 Å². The minimum Gasteiger partial charge on any atom is -0.338 e. The van der Waals surface area contributed by atoms with Gasteiger partial charge in [0.05, 0.1) is 11.4 Å². The van der Waals surface area contributed by atoms with Gasteiger partial charge in [-0.25, -0.2) is 0 Å². The fraction of sp³-hybridized carbons (Fsp3) is 0.500. The lowest BCUT2D eigenvalue weighted by Crippen LogP contribution is -2.52. The van der Waals surface area contributed by atoms with Gasteiger partial charge in [0.25, 0.3) is 5.91 Å². The summed E-state index contributed by atoms with van der Waals surface area (Å²) in [5.41, 5.74) is 2.54. The number of benzene rings is 1. The predicted octanol–water partition coefficient (Wildman–Crippen LogP) is 4.14. The molecule has 1 atom stereocenters. The van der Waals surface area contributed by atoms with Crippen LogP contribution in [-0.2, 0) is 4.79 Å². The van der Waals surface area contributed by atoms with Crippen LogP contribution in [0.4, 0.5) is 0 Å². The predicted molar refractivity (Wildman–Crippen MR) is 123 cm³/mol. The first-order valence-corrected chi connectivity index (χ1v) is 11.7. The third-order valence-corrected chi connectivity index (χ3v) is 6.61. The summed E-state index contributed by atoms with van der Waals surface area (Å²) in [6.07, 6.45) is 0. The van der Waals surface area contributed by atoms with E-state index in [9.17, 15) is 9.59 Å². The number of hydrogen-bond donors (Lipinski definition) is 1. The molecule has 6 heteroatoms. The van der Waals surface area contributed by atoms with Crippen LogP contribution in [0.2, 0.25) is 0 Å². The van der Waals surface area contributed by atoms with Crippen molar-refractivity contribution in [1.82, 2.24) is 15.1 Å². The van der Waals surface area contributed by atoms with Crippen molar-refractivity contribution in [3.05, 3.63) is 57.8 Å². The molecule has 0 bridgehead atoms. The summed E-state index contributed by atoms with van der Waals surface area (Å²) in [6, 6.07) is 12.6. The van der Waals surface area contributed by atoms with Crippen LogP contribution in [-0.4, -0.2) is 54.3 Å². The van der Waals surface area contributed by atoms with E-state index in [2.05, 4.69) is 57.3 Å². The first-order chi connectivity index (χ1) is 14.4. The molecule has 2 amide bonds. The van der Waals surface area contributed by atoms with E-state index in [-0.39, 0.29) is 17.9 Å². The van der Waals surface area contributed by atoms with Gasteiger partial charge in [0, 0.05) is 32.2 Å². The van der Waals surface area contributed by atoms with E-state index in [1.807, 2.05) is 27.3 Å². The number of hydrogen-bond acceptors (Lipinski definition) is 4. The van der Waals surface area contributed by atoms with Gasteiger partial charge in [0.2, 0.25) is 5.91 Å². The standard InChI is InChI=1S/C24H33N3O2S/c1-17(2)19-7-9-20(10-8-19)23(18(3)4)25-16-22(28)26-11-13-27(14-12-26)24(29)21-6-5-15-30-21/h5-10,15,17-18,23,25H,11-14,16H2,1-4H3/t23-/m1/s1. The molecule has 0 unspecified atom stereocenters. The Morgan fingerprint density at radius 1 is 0.933 bits per heavy atom. The molecule has 0 spiro atoms. The normalized spacial score (nSPS) is 15.7. The third kappa shape index (κ3) is 5.49. The zero-order chi connectivity index (χ0) is 21.7. The van der Waals surface area contributed by atoms with Gasteiger partial charge >= 0.3 is 0 Å². The van der Waals surface area contributed by atoms with E-state index in [4.69, 9.17) is 0 Å². The first-order valence-electron chi connectivity index (χ1n) is 10.8. The number of rotatable bonds is 7. The maximum absolute atomic E-state index is 12.8. The number of thiophene rings is 1. The SMILES string of the molecule is CC(C)c1ccc([C@H](NCC(=O)N2CCN(C(=O)c3cccs3)CC2)C(C)C)cc1. The van der Waals surface area contributed by atoms with Crippen molar-refractivity contribution in [3.63, 3.8) is 0 Å². The Labute approximate surface area is 184 Å². The zero-order valence-electron chi connectivity index (χ0n) is 18.4. The average Bonchev–Trinajstić information content (AvgIpc) is 3.28. The van der Waals surface area contributed by atoms with Crippen molar-refractivity contribution >= 4 is 23.2 Å². The van der Waals surface area contributed by atoms with E-state index in [0.29, 0.717) is 44.6 Å². The average molecular weight is 428 g/mol. The van der Waals surface area contributed by atoms with Gasteiger partial charge in [0.15, 0.2) is 0 Å². The van der Waals surface area contributed by atoms with Gasteiger partial charge in [-0.05, 0) is 34.4 Å². The third-order valence-electron chi connectivity index (χ3n) is 5.75. The highest BCUT2D eigenvalue weighted by Gasteiger charge is 2.26. The smallest absolute Gasteiger partial charge is 0.264 e. The van der Waals surface area contributed by atoms with Crippen molar-refractivity contribution in [2.75, 3.05) is 32.7 Å². The van der Waals surface area contributed by atoms with E-state index in [0.717, 1.165) is 4.88 Å². The van der Waals surface area contributed by atoms with E-state index >= 15 is 0 Å². The van der Waals surface area contributed by atoms with Crippen LogP contribution in [0.1, 0.15) is 60.5 Å². The number of carbonyl (C=O) groups excluding carboxylic acids is 2. The zero-order valence-corrected chi connectivity index (χ0v) is 19.2. The highest BCUT2D eigenvalue weighted by Crippen LogP contribution is 2.24. The molecule has 0 saturated carbocycles. The Morgan fingerprint density at radius 2 is 1.53 bits per heavy atom. The highest BCUT2D eigenvalue weighted by atomic mass is 32.1. The number of nitrogens with zero attached hydrogens (tertiary/aromatic N) is 2. The van der Waals surface area contributed by atoms with Crippen LogP contribution in [0.25, 0.3) is 0 Å². The lowest BCUT2D eigenvalue weighted by molar-refractivity contribution is -0.131. The quantitative estimate of drug-likeness (QED) is 0.722. The van der Waals surface area contributed by atoms with E-state index < -0.39 is 0 Å². The maximum Gasteiger partial charge on any atom is 0.264 e. The Morgan fingerprint density at radius 3 is 2.07 bits per heavy atom. The van der Waals surface area contributed by atoms with Gasteiger partial charge in [0.1, 0.15) is 0 Å². The molecule has 1 aromatic heterocycles. The lowest BCUT2D eigenvalue weighted by Gasteiger charge is -2.35. The summed E-state index contributed by atoms with van der Waals surface area (Å²) in [7, 11) is 0. The fourth-order valence-corrected chi connectivity index (χ4v) is 4.54. The van der Waals surface area contributed by atoms with E-state index in [1.54, 1.807) is 0 Å². The van der Waals surface area contributed by atoms with Crippen LogP contribution in [0.5, 0.6) is 0 Å². The number of carbonyl (C=O) groups is 2. The Balaban J connectivity index is 1.52. The molecule has 30 heavy (non-hydrogen) atoms. The van der Waals surface area contributed by atoms with Gasteiger partial charge in [-0.2, -0.15) is 0 Å². The number of nitrogens with one attached hydrogen (secondary N) is 1. The second kappa shape index (κ2) is 10.2. The summed E-state index contributed by atoms with van der Waals surface area (Å²) >= 11 is 1.46. The van der Waals surface area contributed by atoms with Crippen LogP contribution in [0.15, 0.2) is 41.8 Å². The molecule has 2 heterocycles. The molecule has 5 nitrogen and oxygen atoms in total. The summed E-state index contributed by atoms with van der Waals surface area (Å²) < 4.78 is 0. The monoisotopic (exact) mass is 427 g/mol. The minimum atomic E-state index is 0.0694. The number of amides is 2. The molecule has 1 N–H and O–H groups in total. The maximum atomic E-state index is 12.8. The molecule has 1 saturated heterocycles. The van der Waals surface area contributed by atoms with Crippen molar-refractivity contribution < 1.29 is 9.59 Å². The molecule has 1 aliphatic rings. The second-order valence-electron chi connectivity index (χ2n) is 8.57. The summed E-state index contributed by atoms with van der Waals surface area (Å²) in [4.78, 5) is 29.7. The molecule has 1 fully saturated rings. The molecule has 1 aliphatic heterocycles. The van der Waals surface area contributed by atoms with Crippen LogP contribution in [0, 0.1) is 5.92 Å². The van der Waals surface area contributed by atoms with Crippen LogP contribution < -0.4 is 5.32 Å². The molecule has 2 aromatic rings. The minimum absolute atomic E-state index is 0.0694. The molecular weight excluding hydrogens is 394 g/mol. The second-order valence-corrected chi connectivity index (χ2v) is 9.52. The van der Waals surface area contributed by atoms with Gasteiger partial charge in [-0.1, -0.05) is 58.0 Å². The Bertz CT molecular complexity index is 823. The first kappa shape index (κ1) is 22.5. The van der Waals surface area contributed by atoms with Crippen molar-refractivity contribution in [2.24, 2.45) is 5.92 Å². The largest absolute Gasteiger partial charge is 0.338 e. The summed E-state index contributed by atoms with van der Waals surface area (Å²) in [5, 5.41) is 5.38. The molecule has 162 valence electrons. The highest BCUT2D eigenvalue weighted by molar-refractivity contribution is 7.12.